The van der Waals surface area contributed by atoms with Gasteiger partial charge in [0.1, 0.15) is 6.61 Å². The van der Waals surface area contributed by atoms with Gasteiger partial charge in [-0.15, -0.1) is 12.4 Å². The molecule has 2 atom stereocenters. The molecule has 2 unspecified atom stereocenters. The Balaban J connectivity index is 0.00000289. The van der Waals surface area contributed by atoms with Gasteiger partial charge in [-0.2, -0.15) is 13.2 Å². The largest absolute Gasteiger partial charge is 0.411 e. The Hall–Kier alpha value is -0.530. The molecule has 108 valence electrons. The minimum absolute atomic E-state index is 0. The van der Waals surface area contributed by atoms with E-state index in [0.717, 1.165) is 13.0 Å². The average Bonchev–Trinajstić information content (AvgIpc) is 2.67. The number of alkyl halides is 3. The number of hydrogen-bond acceptors (Lipinski definition) is 3. The maximum atomic E-state index is 11.8. The molecule has 0 aromatic rings. The van der Waals surface area contributed by atoms with E-state index in [2.05, 4.69) is 15.4 Å². The summed E-state index contributed by atoms with van der Waals surface area (Å²) in [6, 6.07) is -0.412. The molecule has 2 N–H and O–H groups in total. The van der Waals surface area contributed by atoms with Gasteiger partial charge in [0.25, 0.3) is 0 Å². The van der Waals surface area contributed by atoms with Gasteiger partial charge in [-0.25, -0.2) is 0 Å². The molecule has 1 amide bonds. The number of nitrogens with one attached hydrogen (secondary N) is 2. The van der Waals surface area contributed by atoms with Crippen LogP contribution in [0, 0.1) is 5.92 Å². The highest BCUT2D eigenvalue weighted by Gasteiger charge is 2.28. The highest BCUT2D eigenvalue weighted by atomic mass is 35.5. The van der Waals surface area contributed by atoms with Crippen LogP contribution in [0.2, 0.25) is 0 Å². The van der Waals surface area contributed by atoms with Crippen LogP contribution in [-0.4, -0.2) is 44.4 Å². The molecule has 0 saturated carbocycles. The summed E-state index contributed by atoms with van der Waals surface area (Å²) in [4.78, 5) is 11.6. The minimum Gasteiger partial charge on any atom is -0.370 e. The van der Waals surface area contributed by atoms with Gasteiger partial charge < -0.3 is 15.4 Å². The molecule has 1 fully saturated rings. The number of hydrogen-bond donors (Lipinski definition) is 2. The van der Waals surface area contributed by atoms with Gasteiger partial charge in [-0.1, -0.05) is 0 Å². The van der Waals surface area contributed by atoms with Crippen molar-refractivity contribution in [3.8, 4) is 0 Å². The highest BCUT2D eigenvalue weighted by Crippen LogP contribution is 2.14. The second-order valence-electron chi connectivity index (χ2n) is 4.23. The fraction of sp³-hybridized carbons (Fsp3) is 0.900. The van der Waals surface area contributed by atoms with Crippen molar-refractivity contribution < 1.29 is 22.7 Å². The zero-order valence-corrected chi connectivity index (χ0v) is 10.9. The van der Waals surface area contributed by atoms with Gasteiger partial charge in [0, 0.05) is 12.6 Å². The molecular formula is C10H18ClF3N2O2. The summed E-state index contributed by atoms with van der Waals surface area (Å²) in [6.45, 7) is 1.64. The molecule has 0 spiro atoms. The first-order chi connectivity index (χ1) is 7.88. The lowest BCUT2D eigenvalue weighted by Crippen LogP contribution is -2.40. The van der Waals surface area contributed by atoms with Crippen LogP contribution in [0.4, 0.5) is 13.2 Å². The van der Waals surface area contributed by atoms with E-state index in [4.69, 9.17) is 0 Å². The monoisotopic (exact) mass is 290 g/mol. The zero-order valence-electron chi connectivity index (χ0n) is 10.0. The summed E-state index contributed by atoms with van der Waals surface area (Å²) in [7, 11) is 0. The zero-order chi connectivity index (χ0) is 12.9. The van der Waals surface area contributed by atoms with Crippen molar-refractivity contribution in [2.24, 2.45) is 5.92 Å². The molecule has 1 heterocycles. The fourth-order valence-electron chi connectivity index (χ4n) is 1.63. The molecule has 18 heavy (non-hydrogen) atoms. The Bertz CT molecular complexity index is 258. The van der Waals surface area contributed by atoms with Crippen molar-refractivity contribution in [1.29, 1.82) is 0 Å². The summed E-state index contributed by atoms with van der Waals surface area (Å²) in [5.41, 5.74) is 0. The number of carbonyl (C=O) groups excluding carboxylic acids is 1. The second-order valence-corrected chi connectivity index (χ2v) is 4.23. The lowest BCUT2D eigenvalue weighted by molar-refractivity contribution is -0.175. The summed E-state index contributed by atoms with van der Waals surface area (Å²) >= 11 is 0. The van der Waals surface area contributed by atoms with Crippen LogP contribution in [0.5, 0.6) is 0 Å². The van der Waals surface area contributed by atoms with Crippen LogP contribution in [0.25, 0.3) is 0 Å². The van der Waals surface area contributed by atoms with E-state index >= 15 is 0 Å². The van der Waals surface area contributed by atoms with E-state index < -0.39 is 18.8 Å². The molecule has 4 nitrogen and oxygen atoms in total. The first-order valence-corrected chi connectivity index (χ1v) is 5.54. The average molecular weight is 291 g/mol. The molecule has 1 saturated heterocycles. The van der Waals surface area contributed by atoms with E-state index in [1.54, 1.807) is 6.92 Å². The highest BCUT2D eigenvalue weighted by molar-refractivity contribution is 5.85. The summed E-state index contributed by atoms with van der Waals surface area (Å²) in [5, 5.41) is 5.69. The van der Waals surface area contributed by atoms with Gasteiger partial charge in [0.2, 0.25) is 5.91 Å². The summed E-state index contributed by atoms with van der Waals surface area (Å²) < 4.78 is 39.8. The van der Waals surface area contributed by atoms with Gasteiger partial charge in [0.15, 0.2) is 0 Å². The standard InChI is InChI=1S/C10H17F3N2O2.ClH/c1-7(5-17-6-10(11,12)13)15-9(16)8-2-3-14-4-8;/h7-8,14H,2-6H2,1H3,(H,15,16);1H. The van der Waals surface area contributed by atoms with E-state index in [1.807, 2.05) is 0 Å². The second kappa shape index (κ2) is 7.81. The number of amides is 1. The Kier molecular flexibility index (Phi) is 7.58. The van der Waals surface area contributed by atoms with Crippen LogP contribution < -0.4 is 10.6 Å². The third-order valence-electron chi connectivity index (χ3n) is 2.45. The van der Waals surface area contributed by atoms with Crippen molar-refractivity contribution in [3.05, 3.63) is 0 Å². The van der Waals surface area contributed by atoms with Crippen molar-refractivity contribution >= 4 is 18.3 Å². The SMILES string of the molecule is CC(COCC(F)(F)F)NC(=O)C1CCNC1.Cl. The Morgan fingerprint density at radius 1 is 1.56 bits per heavy atom. The number of carbonyl (C=O) groups is 1. The number of halogens is 4. The van der Waals surface area contributed by atoms with E-state index in [-0.39, 0.29) is 30.8 Å². The van der Waals surface area contributed by atoms with Crippen molar-refractivity contribution in [2.45, 2.75) is 25.6 Å². The Morgan fingerprint density at radius 3 is 2.72 bits per heavy atom. The molecule has 1 aliphatic heterocycles. The Labute approximate surface area is 110 Å². The molecule has 0 aliphatic carbocycles. The molecule has 0 aromatic heterocycles. The lowest BCUT2D eigenvalue weighted by atomic mass is 10.1. The van der Waals surface area contributed by atoms with Crippen molar-refractivity contribution in [1.82, 2.24) is 10.6 Å². The van der Waals surface area contributed by atoms with Gasteiger partial charge in [-0.05, 0) is 19.9 Å². The van der Waals surface area contributed by atoms with E-state index in [0.29, 0.717) is 6.54 Å². The smallest absolute Gasteiger partial charge is 0.370 e. The predicted molar refractivity (Wildman–Crippen MR) is 62.7 cm³/mol. The van der Waals surface area contributed by atoms with Crippen LogP contribution in [-0.2, 0) is 9.53 Å². The van der Waals surface area contributed by atoms with E-state index in [1.165, 1.54) is 0 Å². The van der Waals surface area contributed by atoms with Crippen LogP contribution >= 0.6 is 12.4 Å². The maximum absolute atomic E-state index is 11.8. The lowest BCUT2D eigenvalue weighted by Gasteiger charge is -2.17. The Morgan fingerprint density at radius 2 is 2.22 bits per heavy atom. The first-order valence-electron chi connectivity index (χ1n) is 5.54. The molecular weight excluding hydrogens is 273 g/mol. The van der Waals surface area contributed by atoms with Gasteiger partial charge in [-0.3, -0.25) is 4.79 Å². The third kappa shape index (κ3) is 7.03. The molecule has 8 heteroatoms. The molecule has 0 aromatic carbocycles. The van der Waals surface area contributed by atoms with Gasteiger partial charge in [0.05, 0.1) is 12.5 Å². The summed E-state index contributed by atoms with van der Waals surface area (Å²) in [6.07, 6.45) is -3.55. The molecule has 1 aliphatic rings. The molecule has 0 radical (unpaired) electrons. The third-order valence-corrected chi connectivity index (χ3v) is 2.45. The van der Waals surface area contributed by atoms with Crippen LogP contribution in [0.1, 0.15) is 13.3 Å². The molecule has 0 bridgehead atoms. The number of ether oxygens (including phenoxy) is 1. The van der Waals surface area contributed by atoms with E-state index in [9.17, 15) is 18.0 Å². The topological polar surface area (TPSA) is 50.4 Å². The first kappa shape index (κ1) is 17.5. The fourth-order valence-corrected chi connectivity index (χ4v) is 1.63. The minimum atomic E-state index is -4.32. The molecule has 1 rings (SSSR count). The maximum Gasteiger partial charge on any atom is 0.411 e. The quantitative estimate of drug-likeness (QED) is 0.797. The van der Waals surface area contributed by atoms with Crippen LogP contribution in [0.15, 0.2) is 0 Å². The van der Waals surface area contributed by atoms with Crippen LogP contribution in [0.3, 0.4) is 0 Å². The number of rotatable bonds is 5. The normalized spacial score (nSPS) is 21.2. The van der Waals surface area contributed by atoms with Gasteiger partial charge >= 0.3 is 6.18 Å². The van der Waals surface area contributed by atoms with Crippen molar-refractivity contribution in [2.75, 3.05) is 26.3 Å². The van der Waals surface area contributed by atoms with Crippen molar-refractivity contribution in [3.63, 3.8) is 0 Å². The summed E-state index contributed by atoms with van der Waals surface area (Å²) in [5.74, 6) is -0.210. The predicted octanol–water partition coefficient (Wildman–Crippen LogP) is 1.10.